The van der Waals surface area contributed by atoms with Crippen molar-refractivity contribution in [2.24, 2.45) is 0 Å². The fourth-order valence-electron chi connectivity index (χ4n) is 1.79. The fraction of sp³-hybridized carbons (Fsp3) is 0.583. The Morgan fingerprint density at radius 3 is 2.71 bits per heavy atom. The van der Waals surface area contributed by atoms with Crippen LogP contribution in [0, 0.1) is 0 Å². The predicted molar refractivity (Wildman–Crippen MR) is 65.9 cm³/mol. The normalized spacial score (nSPS) is 14.5. The van der Waals surface area contributed by atoms with E-state index in [9.17, 15) is 4.79 Å². The van der Waals surface area contributed by atoms with Crippen molar-refractivity contribution in [2.75, 3.05) is 18.9 Å². The van der Waals surface area contributed by atoms with Gasteiger partial charge in [0.25, 0.3) is 5.91 Å². The Bertz CT molecular complexity index is 386. The summed E-state index contributed by atoms with van der Waals surface area (Å²) in [6.45, 7) is 2.89. The van der Waals surface area contributed by atoms with E-state index in [0.29, 0.717) is 17.6 Å². The molecule has 0 radical (unpaired) electrons. The Balaban J connectivity index is 2.10. The molecule has 1 heterocycles. The molecule has 1 aliphatic carbocycles. The maximum Gasteiger partial charge on any atom is 0.274 e. The summed E-state index contributed by atoms with van der Waals surface area (Å²) in [5.41, 5.74) is 0.435. The molecule has 1 fully saturated rings. The molecule has 0 aliphatic heterocycles. The van der Waals surface area contributed by atoms with Crippen LogP contribution in [0.2, 0.25) is 0 Å². The van der Waals surface area contributed by atoms with Crippen molar-refractivity contribution >= 4 is 11.7 Å². The summed E-state index contributed by atoms with van der Waals surface area (Å²) in [4.78, 5) is 22.4. The highest BCUT2D eigenvalue weighted by molar-refractivity contribution is 5.92. The third kappa shape index (κ3) is 2.72. The van der Waals surface area contributed by atoms with Gasteiger partial charge in [0.05, 0.1) is 12.4 Å². The third-order valence-electron chi connectivity index (χ3n) is 2.84. The summed E-state index contributed by atoms with van der Waals surface area (Å²) < 4.78 is 0. The van der Waals surface area contributed by atoms with E-state index in [1.807, 2.05) is 4.90 Å². The lowest BCUT2D eigenvalue weighted by molar-refractivity contribution is 0.0736. The van der Waals surface area contributed by atoms with Gasteiger partial charge < -0.3 is 10.2 Å². The topological polar surface area (TPSA) is 58.1 Å². The van der Waals surface area contributed by atoms with E-state index >= 15 is 0 Å². The van der Waals surface area contributed by atoms with E-state index in [0.717, 1.165) is 25.8 Å². The lowest BCUT2D eigenvalue weighted by atomic mass is 10.3. The van der Waals surface area contributed by atoms with E-state index in [1.165, 1.54) is 0 Å². The maximum absolute atomic E-state index is 12.2. The number of nitrogens with zero attached hydrogens (tertiary/aromatic N) is 3. The molecule has 1 saturated carbocycles. The highest BCUT2D eigenvalue weighted by Crippen LogP contribution is 2.28. The summed E-state index contributed by atoms with van der Waals surface area (Å²) in [6, 6.07) is 0.424. The molecule has 1 aromatic rings. The minimum Gasteiger partial charge on any atom is -0.372 e. The number of aromatic nitrogens is 2. The second-order valence-electron chi connectivity index (χ2n) is 4.27. The summed E-state index contributed by atoms with van der Waals surface area (Å²) in [5.74, 6) is 0.680. The molecule has 0 saturated heterocycles. The van der Waals surface area contributed by atoms with Crippen molar-refractivity contribution in [3.05, 3.63) is 18.1 Å². The first kappa shape index (κ1) is 11.8. The number of anilines is 1. The standard InChI is InChI=1S/C12H18N4O/c1-3-6-16(9-4-5-9)12(17)10-7-15-11(13-2)8-14-10/h7-9H,3-6H2,1-2H3,(H,13,15). The van der Waals surface area contributed by atoms with Crippen LogP contribution in [0.5, 0.6) is 0 Å². The fourth-order valence-corrected chi connectivity index (χ4v) is 1.79. The Morgan fingerprint density at radius 1 is 1.47 bits per heavy atom. The molecule has 0 spiro atoms. The average molecular weight is 234 g/mol. The SMILES string of the molecule is CCCN(C(=O)c1cnc(NC)cn1)C1CC1. The molecule has 2 rings (SSSR count). The van der Waals surface area contributed by atoms with Crippen LogP contribution in [0.4, 0.5) is 5.82 Å². The van der Waals surface area contributed by atoms with E-state index in [4.69, 9.17) is 0 Å². The molecule has 0 unspecified atom stereocenters. The molecule has 0 bridgehead atoms. The van der Waals surface area contributed by atoms with Gasteiger partial charge in [0.1, 0.15) is 11.5 Å². The van der Waals surface area contributed by atoms with E-state index < -0.39 is 0 Å². The van der Waals surface area contributed by atoms with E-state index in [1.54, 1.807) is 19.4 Å². The second-order valence-corrected chi connectivity index (χ2v) is 4.27. The van der Waals surface area contributed by atoms with Crippen LogP contribution >= 0.6 is 0 Å². The molecular formula is C12H18N4O. The molecule has 1 aromatic heterocycles. The van der Waals surface area contributed by atoms with Gasteiger partial charge in [0.2, 0.25) is 0 Å². The first-order valence-corrected chi connectivity index (χ1v) is 6.07. The maximum atomic E-state index is 12.2. The Labute approximate surface area is 101 Å². The molecule has 92 valence electrons. The highest BCUT2D eigenvalue weighted by atomic mass is 16.2. The molecular weight excluding hydrogens is 216 g/mol. The van der Waals surface area contributed by atoms with Gasteiger partial charge in [-0.25, -0.2) is 9.97 Å². The number of nitrogens with one attached hydrogen (secondary N) is 1. The van der Waals surface area contributed by atoms with Gasteiger partial charge in [-0.1, -0.05) is 6.92 Å². The zero-order valence-corrected chi connectivity index (χ0v) is 10.3. The highest BCUT2D eigenvalue weighted by Gasteiger charge is 2.32. The van der Waals surface area contributed by atoms with E-state index in [2.05, 4.69) is 22.2 Å². The first-order valence-electron chi connectivity index (χ1n) is 6.07. The van der Waals surface area contributed by atoms with Crippen LogP contribution in [0.1, 0.15) is 36.7 Å². The minimum atomic E-state index is 0.00417. The van der Waals surface area contributed by atoms with Crippen molar-refractivity contribution in [1.29, 1.82) is 0 Å². The molecule has 1 aliphatic rings. The van der Waals surface area contributed by atoms with Crippen LogP contribution in [0.3, 0.4) is 0 Å². The van der Waals surface area contributed by atoms with Gasteiger partial charge in [-0.15, -0.1) is 0 Å². The van der Waals surface area contributed by atoms with Gasteiger partial charge >= 0.3 is 0 Å². The smallest absolute Gasteiger partial charge is 0.274 e. The van der Waals surface area contributed by atoms with Crippen molar-refractivity contribution in [1.82, 2.24) is 14.9 Å². The van der Waals surface area contributed by atoms with Gasteiger partial charge in [-0.05, 0) is 19.3 Å². The predicted octanol–water partition coefficient (Wildman–Crippen LogP) is 1.53. The first-order chi connectivity index (χ1) is 8.26. The van der Waals surface area contributed by atoms with Gasteiger partial charge in [0, 0.05) is 19.6 Å². The van der Waals surface area contributed by atoms with Crippen molar-refractivity contribution in [3.63, 3.8) is 0 Å². The van der Waals surface area contributed by atoms with Crippen molar-refractivity contribution in [2.45, 2.75) is 32.2 Å². The Kier molecular flexibility index (Phi) is 3.56. The molecule has 5 heteroatoms. The van der Waals surface area contributed by atoms with Gasteiger partial charge in [-0.3, -0.25) is 4.79 Å². The number of hydrogen-bond acceptors (Lipinski definition) is 4. The third-order valence-corrected chi connectivity index (χ3v) is 2.84. The number of carbonyl (C=O) groups is 1. The van der Waals surface area contributed by atoms with Crippen LogP contribution in [0.15, 0.2) is 12.4 Å². The van der Waals surface area contributed by atoms with Crippen molar-refractivity contribution in [3.8, 4) is 0 Å². The number of amides is 1. The minimum absolute atomic E-state index is 0.00417. The monoisotopic (exact) mass is 234 g/mol. The number of carbonyl (C=O) groups excluding carboxylic acids is 1. The zero-order valence-electron chi connectivity index (χ0n) is 10.3. The van der Waals surface area contributed by atoms with Crippen LogP contribution in [0.25, 0.3) is 0 Å². The summed E-state index contributed by atoms with van der Waals surface area (Å²) >= 11 is 0. The Hall–Kier alpha value is -1.65. The summed E-state index contributed by atoms with van der Waals surface area (Å²) in [5, 5.41) is 2.88. The molecule has 0 atom stereocenters. The van der Waals surface area contributed by atoms with Crippen LogP contribution in [-0.4, -0.2) is 40.4 Å². The molecule has 1 amide bonds. The largest absolute Gasteiger partial charge is 0.372 e. The lowest BCUT2D eigenvalue weighted by Gasteiger charge is -2.21. The molecule has 17 heavy (non-hydrogen) atoms. The second kappa shape index (κ2) is 5.12. The van der Waals surface area contributed by atoms with Crippen molar-refractivity contribution < 1.29 is 4.79 Å². The number of rotatable bonds is 5. The zero-order chi connectivity index (χ0) is 12.3. The van der Waals surface area contributed by atoms with Crippen LogP contribution < -0.4 is 5.32 Å². The molecule has 5 nitrogen and oxygen atoms in total. The average Bonchev–Trinajstić information content (AvgIpc) is 3.19. The Morgan fingerprint density at radius 2 is 2.24 bits per heavy atom. The quantitative estimate of drug-likeness (QED) is 0.839. The molecule has 0 aromatic carbocycles. The summed E-state index contributed by atoms with van der Waals surface area (Å²) in [6.07, 6.45) is 6.34. The molecule has 1 N–H and O–H groups in total. The number of hydrogen-bond donors (Lipinski definition) is 1. The van der Waals surface area contributed by atoms with Crippen LogP contribution in [-0.2, 0) is 0 Å². The van der Waals surface area contributed by atoms with E-state index in [-0.39, 0.29) is 5.91 Å². The lowest BCUT2D eigenvalue weighted by Crippen LogP contribution is -2.34. The van der Waals surface area contributed by atoms with Gasteiger partial charge in [0.15, 0.2) is 0 Å². The summed E-state index contributed by atoms with van der Waals surface area (Å²) in [7, 11) is 1.78. The van der Waals surface area contributed by atoms with Gasteiger partial charge in [-0.2, -0.15) is 0 Å².